The van der Waals surface area contributed by atoms with Crippen molar-refractivity contribution in [2.75, 3.05) is 31.7 Å². The van der Waals surface area contributed by atoms with Crippen molar-refractivity contribution in [3.05, 3.63) is 63.5 Å². The number of phosphoric acid groups is 1. The third-order valence-corrected chi connectivity index (χ3v) is 17.8. The Bertz CT molecular complexity index is 2430. The van der Waals surface area contributed by atoms with Crippen molar-refractivity contribution in [1.29, 1.82) is 0 Å². The Morgan fingerprint density at radius 1 is 0.923 bits per heavy atom. The van der Waals surface area contributed by atoms with Gasteiger partial charge in [0.1, 0.15) is 16.4 Å². The van der Waals surface area contributed by atoms with Crippen LogP contribution in [0.25, 0.3) is 32.6 Å². The zero-order valence-corrected chi connectivity index (χ0v) is 42.9. The fraction of sp³-hybridized carbons (Fsp3) is 0.578. The van der Waals surface area contributed by atoms with Crippen molar-refractivity contribution in [1.82, 2.24) is 19.9 Å². The lowest BCUT2D eigenvalue weighted by Crippen LogP contribution is -2.43. The van der Waals surface area contributed by atoms with Crippen LogP contribution in [0.15, 0.2) is 46.8 Å². The van der Waals surface area contributed by atoms with Gasteiger partial charge in [0.05, 0.1) is 42.6 Å². The SMILES string of the molecule is CCNC(=O)Nc1cc(-c2nc(C(F)(F)F)cs2)c(-c2ccc3c(c2)c(=O)c(C(=O)OCCCOP(=O)(OC(C)(C)C)OC(C)(C)C)cn3[C@H](CO[Si](C)(C)C(C)(C)C)C(C)(C)C)cn1. The molecule has 360 valence electrons. The Labute approximate surface area is 385 Å². The molecule has 0 aliphatic rings. The minimum atomic E-state index is -4.71. The van der Waals surface area contributed by atoms with Crippen molar-refractivity contribution in [2.24, 2.45) is 5.41 Å². The Morgan fingerprint density at radius 3 is 2.09 bits per heavy atom. The van der Waals surface area contributed by atoms with E-state index in [0.29, 0.717) is 23.2 Å². The van der Waals surface area contributed by atoms with E-state index in [0.717, 1.165) is 16.7 Å². The maximum atomic E-state index is 14.6. The predicted molar refractivity (Wildman–Crippen MR) is 252 cm³/mol. The quantitative estimate of drug-likeness (QED) is 0.0474. The van der Waals surface area contributed by atoms with Gasteiger partial charge in [0.25, 0.3) is 0 Å². The number of benzene rings is 1. The molecule has 65 heavy (non-hydrogen) atoms. The van der Waals surface area contributed by atoms with E-state index in [4.69, 9.17) is 22.7 Å². The predicted octanol–water partition coefficient (Wildman–Crippen LogP) is 12.3. The average molecular weight is 968 g/mol. The smallest absolute Gasteiger partial charge is 0.462 e. The minimum absolute atomic E-state index is 0.00522. The van der Waals surface area contributed by atoms with Crippen LogP contribution in [0.5, 0.6) is 0 Å². The fourth-order valence-corrected chi connectivity index (χ4v) is 9.88. The standard InChI is InChI=1S/C45H65F3N5O9PSSi/c1-16-49-40(56)52-36-23-29(38-51-34(27-64-38)45(46,47)48)31(24-50-36)28-18-19-33-30(22-28)37(54)32(25-53(33)35(41(2,3)4)26-60-65(14,15)44(11,12)13)39(55)58-20-17-21-59-63(57,61-42(5,6)7)62-43(8,9)10/h18-19,22-25,27,35H,16-17,20-21,26H2,1-15H3,(H2,49,50,52,56)/t35-/m1/s1. The molecular formula is C45H65F3N5O9PSSi. The summed E-state index contributed by atoms with van der Waals surface area (Å²) in [7, 11) is -6.35. The van der Waals surface area contributed by atoms with E-state index in [1.807, 2.05) is 25.3 Å². The number of hydrogen-bond acceptors (Lipinski definition) is 12. The monoisotopic (exact) mass is 967 g/mol. The number of thiazole rings is 1. The van der Waals surface area contributed by atoms with Crippen LogP contribution in [0.1, 0.15) is 119 Å². The van der Waals surface area contributed by atoms with Gasteiger partial charge in [0, 0.05) is 47.3 Å². The molecule has 0 unspecified atom stereocenters. The van der Waals surface area contributed by atoms with Crippen LogP contribution in [-0.2, 0) is 33.5 Å². The molecular weight excluding hydrogens is 903 g/mol. The molecule has 1 atom stereocenters. The van der Waals surface area contributed by atoms with Gasteiger partial charge in [-0.3, -0.25) is 23.7 Å². The number of carbonyl (C=O) groups is 2. The lowest BCUT2D eigenvalue weighted by molar-refractivity contribution is -0.140. The molecule has 4 rings (SSSR count). The van der Waals surface area contributed by atoms with Gasteiger partial charge >= 0.3 is 26.0 Å². The fourth-order valence-electron chi connectivity index (χ4n) is 6.18. The van der Waals surface area contributed by atoms with Crippen molar-refractivity contribution < 1.29 is 50.1 Å². The largest absolute Gasteiger partial charge is 0.475 e. The zero-order valence-electron chi connectivity index (χ0n) is 40.2. The average Bonchev–Trinajstić information content (AvgIpc) is 3.64. The number of urea groups is 1. The molecule has 0 spiro atoms. The molecule has 0 aliphatic carbocycles. The van der Waals surface area contributed by atoms with Crippen LogP contribution < -0.4 is 16.1 Å². The summed E-state index contributed by atoms with van der Waals surface area (Å²) in [6.45, 7) is 29.0. The molecule has 1 aromatic carbocycles. The van der Waals surface area contributed by atoms with Gasteiger partial charge in [-0.2, -0.15) is 13.2 Å². The number of pyridine rings is 2. The third kappa shape index (κ3) is 14.5. The number of carbonyl (C=O) groups excluding carboxylic acids is 2. The second kappa shape index (κ2) is 20.1. The van der Waals surface area contributed by atoms with E-state index in [1.54, 1.807) is 66.7 Å². The van der Waals surface area contributed by atoms with Gasteiger partial charge in [-0.1, -0.05) is 47.6 Å². The number of esters is 1. The Hall–Kier alpha value is -3.97. The highest BCUT2D eigenvalue weighted by Gasteiger charge is 2.40. The van der Waals surface area contributed by atoms with Crippen LogP contribution in [0, 0.1) is 5.41 Å². The maximum Gasteiger partial charge on any atom is 0.475 e. The van der Waals surface area contributed by atoms with Crippen LogP contribution in [0.2, 0.25) is 18.1 Å². The first-order valence-corrected chi connectivity index (χ1v) is 26.6. The molecule has 0 saturated heterocycles. The molecule has 0 radical (unpaired) electrons. The van der Waals surface area contributed by atoms with E-state index in [9.17, 15) is 32.1 Å². The first-order valence-electron chi connectivity index (χ1n) is 21.4. The molecule has 20 heteroatoms. The van der Waals surface area contributed by atoms with Gasteiger partial charge in [-0.05, 0) is 95.8 Å². The van der Waals surface area contributed by atoms with Gasteiger partial charge < -0.3 is 19.0 Å². The molecule has 0 aliphatic heterocycles. The van der Waals surface area contributed by atoms with Gasteiger partial charge in [-0.25, -0.2) is 24.1 Å². The molecule has 0 saturated carbocycles. The molecule has 4 aromatic rings. The number of nitrogens with zero attached hydrogens (tertiary/aromatic N) is 3. The maximum absolute atomic E-state index is 14.6. The topological polar surface area (TPSA) is 169 Å². The lowest BCUT2D eigenvalue weighted by atomic mass is 9.86. The highest BCUT2D eigenvalue weighted by molar-refractivity contribution is 7.48. The second-order valence-corrected chi connectivity index (χ2v) is 27.5. The highest BCUT2D eigenvalue weighted by Crippen LogP contribution is 2.55. The van der Waals surface area contributed by atoms with Crippen LogP contribution >= 0.6 is 19.2 Å². The lowest BCUT2D eigenvalue weighted by Gasteiger charge is -2.40. The molecule has 3 heterocycles. The Kier molecular flexibility index (Phi) is 16.6. The molecule has 0 bridgehead atoms. The van der Waals surface area contributed by atoms with Crippen molar-refractivity contribution in [2.45, 2.75) is 138 Å². The summed E-state index contributed by atoms with van der Waals surface area (Å²) in [5.41, 5.74) is -2.84. The number of phosphoric ester groups is 1. The van der Waals surface area contributed by atoms with E-state index in [1.165, 1.54) is 18.5 Å². The highest BCUT2D eigenvalue weighted by atomic mass is 32.1. The number of hydrogen-bond donors (Lipinski definition) is 2. The van der Waals surface area contributed by atoms with E-state index < -0.39 is 68.1 Å². The number of halogens is 3. The van der Waals surface area contributed by atoms with E-state index in [-0.39, 0.29) is 58.6 Å². The van der Waals surface area contributed by atoms with Gasteiger partial charge in [-0.15, -0.1) is 11.3 Å². The summed E-state index contributed by atoms with van der Waals surface area (Å²) in [5.74, 6) is -0.863. The number of aromatic nitrogens is 3. The normalized spacial score (nSPS) is 13.8. The molecule has 2 N–H and O–H groups in total. The summed E-state index contributed by atoms with van der Waals surface area (Å²) >= 11 is 0.761. The number of amides is 2. The first-order chi connectivity index (χ1) is 29.6. The van der Waals surface area contributed by atoms with E-state index in [2.05, 4.69) is 54.5 Å². The Balaban J connectivity index is 1.86. The van der Waals surface area contributed by atoms with Crippen molar-refractivity contribution in [3.8, 4) is 21.7 Å². The second-order valence-electron chi connectivity index (χ2n) is 20.3. The number of ether oxygens (including phenoxy) is 1. The number of anilines is 1. The van der Waals surface area contributed by atoms with Gasteiger partial charge in [0.15, 0.2) is 14.0 Å². The number of fused-ring (bicyclic) bond motifs is 1. The third-order valence-electron chi connectivity index (χ3n) is 10.4. The molecule has 14 nitrogen and oxygen atoms in total. The van der Waals surface area contributed by atoms with E-state index >= 15 is 0 Å². The summed E-state index contributed by atoms with van der Waals surface area (Å²) in [5, 5.41) is 6.07. The summed E-state index contributed by atoms with van der Waals surface area (Å²) in [6.07, 6.45) is -1.76. The number of rotatable bonds is 16. The molecule has 2 amide bonds. The van der Waals surface area contributed by atoms with Crippen molar-refractivity contribution >= 4 is 56.2 Å². The number of nitrogens with one attached hydrogen (secondary N) is 2. The Morgan fingerprint density at radius 2 is 1.55 bits per heavy atom. The number of alkyl halides is 3. The molecule has 3 aromatic heterocycles. The zero-order chi connectivity index (χ0) is 49.1. The summed E-state index contributed by atoms with van der Waals surface area (Å²) < 4.78 is 86.2. The van der Waals surface area contributed by atoms with Crippen LogP contribution in [0.3, 0.4) is 0 Å². The summed E-state index contributed by atoms with van der Waals surface area (Å²) in [6, 6.07) is 5.42. The van der Waals surface area contributed by atoms with Crippen LogP contribution in [-0.4, -0.2) is 72.4 Å². The van der Waals surface area contributed by atoms with Crippen LogP contribution in [0.4, 0.5) is 23.8 Å². The van der Waals surface area contributed by atoms with Crippen molar-refractivity contribution in [3.63, 3.8) is 0 Å². The summed E-state index contributed by atoms with van der Waals surface area (Å²) in [4.78, 5) is 49.3. The first kappa shape index (κ1) is 53.6. The molecule has 0 fully saturated rings. The van der Waals surface area contributed by atoms with Gasteiger partial charge in [0.2, 0.25) is 5.43 Å². The minimum Gasteiger partial charge on any atom is -0.462 e.